The monoisotopic (exact) mass is 373 g/mol. The molecule has 138 valence electrons. The summed E-state index contributed by atoms with van der Waals surface area (Å²) in [4.78, 5) is 2.40. The number of methoxy groups -OCH3 is 2. The minimum atomic E-state index is 0.755. The first-order chi connectivity index (χ1) is 12.7. The van der Waals surface area contributed by atoms with Crippen molar-refractivity contribution in [3.05, 3.63) is 58.6 Å². The number of benzene rings is 2. The molecule has 0 radical (unpaired) electrons. The van der Waals surface area contributed by atoms with Crippen molar-refractivity contribution in [1.82, 2.24) is 9.91 Å². The molecule has 0 amide bonds. The Morgan fingerprint density at radius 1 is 1.04 bits per heavy atom. The van der Waals surface area contributed by atoms with E-state index in [1.807, 2.05) is 42.6 Å². The molecule has 0 bridgehead atoms. The highest BCUT2D eigenvalue weighted by atomic mass is 35.5. The van der Waals surface area contributed by atoms with Crippen molar-refractivity contribution in [2.45, 2.75) is 6.54 Å². The van der Waals surface area contributed by atoms with E-state index >= 15 is 0 Å². The molecule has 1 fully saturated rings. The molecule has 0 N–H and O–H groups in total. The minimum Gasteiger partial charge on any atom is -0.497 e. The van der Waals surface area contributed by atoms with E-state index in [4.69, 9.17) is 21.1 Å². The normalized spacial score (nSPS) is 15.4. The Labute approximate surface area is 159 Å². The Morgan fingerprint density at radius 2 is 1.81 bits per heavy atom. The molecule has 2 aromatic rings. The molecule has 0 aliphatic carbocycles. The average molecular weight is 374 g/mol. The SMILES string of the molecule is COc1ccc(/C=N/N2CCN(Cc3ccccc3Cl)CC2)c(OC)c1. The molecule has 1 aliphatic rings. The zero-order chi connectivity index (χ0) is 18.4. The highest BCUT2D eigenvalue weighted by Crippen LogP contribution is 2.23. The molecule has 0 aromatic heterocycles. The second kappa shape index (κ2) is 8.92. The third kappa shape index (κ3) is 4.68. The molecule has 1 saturated heterocycles. The fraction of sp³-hybridized carbons (Fsp3) is 0.350. The first-order valence-electron chi connectivity index (χ1n) is 8.66. The van der Waals surface area contributed by atoms with Gasteiger partial charge in [-0.2, -0.15) is 5.10 Å². The van der Waals surface area contributed by atoms with Gasteiger partial charge in [0.05, 0.1) is 20.4 Å². The first-order valence-corrected chi connectivity index (χ1v) is 9.04. The van der Waals surface area contributed by atoms with Crippen LogP contribution < -0.4 is 9.47 Å². The largest absolute Gasteiger partial charge is 0.497 e. The van der Waals surface area contributed by atoms with Crippen LogP contribution in [0, 0.1) is 0 Å². The average Bonchev–Trinajstić information content (AvgIpc) is 2.69. The van der Waals surface area contributed by atoms with Crippen molar-refractivity contribution in [3.8, 4) is 11.5 Å². The Balaban J connectivity index is 1.55. The summed E-state index contributed by atoms with van der Waals surface area (Å²) in [6.07, 6.45) is 1.85. The smallest absolute Gasteiger partial charge is 0.131 e. The van der Waals surface area contributed by atoms with Crippen molar-refractivity contribution in [2.24, 2.45) is 5.10 Å². The van der Waals surface area contributed by atoms with Crippen LogP contribution in [0.4, 0.5) is 0 Å². The lowest BCUT2D eigenvalue weighted by Crippen LogP contribution is -2.43. The van der Waals surface area contributed by atoms with Gasteiger partial charge >= 0.3 is 0 Å². The number of ether oxygens (including phenoxy) is 2. The standard InChI is InChI=1S/C20H24ClN3O2/c1-25-18-8-7-16(20(13-18)26-2)14-22-24-11-9-23(10-12-24)15-17-5-3-4-6-19(17)21/h3-8,13-14H,9-12,15H2,1-2H3/b22-14+. The van der Waals surface area contributed by atoms with Gasteiger partial charge in [-0.15, -0.1) is 0 Å². The Hall–Kier alpha value is -2.24. The zero-order valence-electron chi connectivity index (χ0n) is 15.2. The van der Waals surface area contributed by atoms with Gasteiger partial charge in [0.25, 0.3) is 0 Å². The molecular weight excluding hydrogens is 350 g/mol. The summed E-state index contributed by atoms with van der Waals surface area (Å²) in [6, 6.07) is 13.8. The van der Waals surface area contributed by atoms with Crippen LogP contribution in [0.25, 0.3) is 0 Å². The Morgan fingerprint density at radius 3 is 2.50 bits per heavy atom. The fourth-order valence-corrected chi connectivity index (χ4v) is 3.14. The van der Waals surface area contributed by atoms with Crippen LogP contribution >= 0.6 is 11.6 Å². The van der Waals surface area contributed by atoms with Crippen LogP contribution in [0.3, 0.4) is 0 Å². The van der Waals surface area contributed by atoms with Crippen LogP contribution in [0.1, 0.15) is 11.1 Å². The maximum absolute atomic E-state index is 6.26. The molecule has 6 heteroatoms. The molecule has 0 saturated carbocycles. The number of hydrazone groups is 1. The van der Waals surface area contributed by atoms with Crippen LogP contribution in [0.2, 0.25) is 5.02 Å². The van der Waals surface area contributed by atoms with Crippen LogP contribution in [0.15, 0.2) is 47.6 Å². The summed E-state index contributed by atoms with van der Waals surface area (Å²) in [6.45, 7) is 4.58. The number of nitrogens with zero attached hydrogens (tertiary/aromatic N) is 3. The van der Waals surface area contributed by atoms with Gasteiger partial charge in [0.1, 0.15) is 11.5 Å². The van der Waals surface area contributed by atoms with Gasteiger partial charge in [-0.05, 0) is 23.8 Å². The lowest BCUT2D eigenvalue weighted by Gasteiger charge is -2.33. The van der Waals surface area contributed by atoms with Gasteiger partial charge < -0.3 is 9.47 Å². The topological polar surface area (TPSA) is 37.3 Å². The number of hydrogen-bond donors (Lipinski definition) is 0. The van der Waals surface area contributed by atoms with E-state index in [1.165, 1.54) is 5.56 Å². The van der Waals surface area contributed by atoms with E-state index in [2.05, 4.69) is 21.1 Å². The van der Waals surface area contributed by atoms with Crippen molar-refractivity contribution in [3.63, 3.8) is 0 Å². The van der Waals surface area contributed by atoms with E-state index in [9.17, 15) is 0 Å². The predicted octanol–water partition coefficient (Wildman–Crippen LogP) is 3.51. The molecule has 3 rings (SSSR count). The number of piperazine rings is 1. The van der Waals surface area contributed by atoms with Gasteiger partial charge in [0.2, 0.25) is 0 Å². The summed E-state index contributed by atoms with van der Waals surface area (Å²) in [5, 5.41) is 7.53. The molecular formula is C20H24ClN3O2. The van der Waals surface area contributed by atoms with Crippen LogP contribution in [0.5, 0.6) is 11.5 Å². The second-order valence-electron chi connectivity index (χ2n) is 6.17. The van der Waals surface area contributed by atoms with Gasteiger partial charge in [0.15, 0.2) is 0 Å². The summed E-state index contributed by atoms with van der Waals surface area (Å²) < 4.78 is 10.6. The third-order valence-electron chi connectivity index (χ3n) is 4.50. The summed E-state index contributed by atoms with van der Waals surface area (Å²) in [7, 11) is 3.30. The maximum atomic E-state index is 6.26. The molecule has 0 atom stereocenters. The molecule has 2 aromatic carbocycles. The maximum Gasteiger partial charge on any atom is 0.131 e. The van der Waals surface area contributed by atoms with E-state index in [1.54, 1.807) is 14.2 Å². The van der Waals surface area contributed by atoms with Crippen LogP contribution in [-0.2, 0) is 6.54 Å². The van der Waals surface area contributed by atoms with Gasteiger partial charge in [0, 0.05) is 49.4 Å². The highest BCUT2D eigenvalue weighted by Gasteiger charge is 2.16. The van der Waals surface area contributed by atoms with Crippen molar-refractivity contribution in [2.75, 3.05) is 40.4 Å². The van der Waals surface area contributed by atoms with E-state index < -0.39 is 0 Å². The highest BCUT2D eigenvalue weighted by molar-refractivity contribution is 6.31. The lowest BCUT2D eigenvalue weighted by molar-refractivity contribution is 0.131. The Kier molecular flexibility index (Phi) is 6.36. The minimum absolute atomic E-state index is 0.755. The number of rotatable bonds is 6. The summed E-state index contributed by atoms with van der Waals surface area (Å²) >= 11 is 6.26. The molecule has 0 unspecified atom stereocenters. The second-order valence-corrected chi connectivity index (χ2v) is 6.58. The summed E-state index contributed by atoms with van der Waals surface area (Å²) in [5.41, 5.74) is 2.11. The van der Waals surface area contributed by atoms with E-state index in [0.29, 0.717) is 0 Å². The van der Waals surface area contributed by atoms with Gasteiger partial charge in [-0.3, -0.25) is 9.91 Å². The number of hydrogen-bond acceptors (Lipinski definition) is 5. The van der Waals surface area contributed by atoms with Crippen molar-refractivity contribution >= 4 is 17.8 Å². The van der Waals surface area contributed by atoms with Crippen molar-refractivity contribution in [1.29, 1.82) is 0 Å². The van der Waals surface area contributed by atoms with Crippen LogP contribution in [-0.4, -0.2) is 56.5 Å². The quantitative estimate of drug-likeness (QED) is 0.726. The molecule has 5 nitrogen and oxygen atoms in total. The fourth-order valence-electron chi connectivity index (χ4n) is 2.95. The van der Waals surface area contributed by atoms with Gasteiger partial charge in [-0.25, -0.2) is 0 Å². The van der Waals surface area contributed by atoms with Crippen molar-refractivity contribution < 1.29 is 9.47 Å². The number of halogens is 1. The van der Waals surface area contributed by atoms with E-state index in [0.717, 1.165) is 54.8 Å². The Bertz CT molecular complexity index is 758. The molecule has 26 heavy (non-hydrogen) atoms. The third-order valence-corrected chi connectivity index (χ3v) is 4.87. The molecule has 0 spiro atoms. The lowest BCUT2D eigenvalue weighted by atomic mass is 10.2. The zero-order valence-corrected chi connectivity index (χ0v) is 15.9. The first kappa shape index (κ1) is 18.5. The van der Waals surface area contributed by atoms with E-state index in [-0.39, 0.29) is 0 Å². The van der Waals surface area contributed by atoms with Gasteiger partial charge in [-0.1, -0.05) is 29.8 Å². The predicted molar refractivity (Wildman–Crippen MR) is 105 cm³/mol. The summed E-state index contributed by atoms with van der Waals surface area (Å²) in [5.74, 6) is 1.53. The molecule has 1 aliphatic heterocycles. The molecule has 1 heterocycles.